The molecule has 2 N–H and O–H groups in total. The minimum absolute atomic E-state index is 0.151. The zero-order chi connectivity index (χ0) is 17.1. The average Bonchev–Trinajstić information content (AvgIpc) is 3.08. The van der Waals surface area contributed by atoms with E-state index in [0.29, 0.717) is 5.52 Å². The number of aliphatic hydroxyl groups is 1. The van der Waals surface area contributed by atoms with Gasteiger partial charge in [0.15, 0.2) is 11.7 Å². The lowest BCUT2D eigenvalue weighted by atomic mass is 10.1. The molecule has 0 bridgehead atoms. The quantitative estimate of drug-likeness (QED) is 0.451. The second-order valence-electron chi connectivity index (χ2n) is 5.44. The summed E-state index contributed by atoms with van der Waals surface area (Å²) in [5, 5.41) is 21.5. The third-order valence-corrected chi connectivity index (χ3v) is 5.01. The van der Waals surface area contributed by atoms with E-state index in [2.05, 4.69) is 9.51 Å². The Morgan fingerprint density at radius 1 is 1.46 bits per heavy atom. The van der Waals surface area contributed by atoms with Crippen molar-refractivity contribution in [3.05, 3.63) is 34.6 Å². The number of non-ortho nitro benzene ring substituents is 1. The van der Waals surface area contributed by atoms with Gasteiger partial charge < -0.3 is 19.3 Å². The molecule has 24 heavy (non-hydrogen) atoms. The number of aromatic nitrogens is 2. The molecule has 1 aromatic heterocycles. The van der Waals surface area contributed by atoms with E-state index < -0.39 is 37.3 Å². The molecule has 2 aliphatic rings. The molecule has 0 amide bonds. The molecule has 2 aliphatic heterocycles. The number of imidazole rings is 1. The number of nitro groups is 1. The molecule has 0 spiro atoms. The second-order valence-corrected chi connectivity index (χ2v) is 6.85. The Kier molecular flexibility index (Phi) is 3.46. The summed E-state index contributed by atoms with van der Waals surface area (Å²) in [4.78, 5) is 23.9. The van der Waals surface area contributed by atoms with Gasteiger partial charge in [0.25, 0.3) is 5.69 Å². The highest BCUT2D eigenvalue weighted by molar-refractivity contribution is 7.47. The van der Waals surface area contributed by atoms with Crippen LogP contribution in [0.5, 0.6) is 0 Å². The number of nitro benzene ring substituents is 1. The first kappa shape index (κ1) is 15.6. The zero-order valence-electron chi connectivity index (χ0n) is 12.0. The molecule has 2 aromatic rings. The summed E-state index contributed by atoms with van der Waals surface area (Å²) in [5.41, 5.74) is 0.369. The molecule has 4 unspecified atom stereocenters. The van der Waals surface area contributed by atoms with Gasteiger partial charge in [0.2, 0.25) is 0 Å². The maximum Gasteiger partial charge on any atom is 0.472 e. The Morgan fingerprint density at radius 3 is 3.00 bits per heavy atom. The Hall–Kier alpha value is -1.88. The van der Waals surface area contributed by atoms with Gasteiger partial charge in [0.05, 0.1) is 23.4 Å². The number of nitrogens with zero attached hydrogens (tertiary/aromatic N) is 3. The van der Waals surface area contributed by atoms with Gasteiger partial charge in [-0.15, -0.1) is 0 Å². The maximum atomic E-state index is 11.5. The number of phosphoric acid groups is 1. The maximum absolute atomic E-state index is 11.5. The largest absolute Gasteiger partial charge is 0.472 e. The van der Waals surface area contributed by atoms with Crippen LogP contribution in [0.4, 0.5) is 5.69 Å². The Bertz CT molecular complexity index is 869. The molecule has 4 rings (SSSR count). The van der Waals surface area contributed by atoms with Gasteiger partial charge in [-0.05, 0) is 6.07 Å². The standard InChI is InChI=1S/C12H12N3O8P/c16-10-11-8(4-21-24(19,20)23-11)22-12(10)14-5-13-9-6(14)2-1-3-7(9)15(17)18/h1-3,5,8,10-12,16H,4H2,(H,19,20)/t8?,10?,11-,12?/m1/s1. The normalized spacial score (nSPS) is 35.9. The number of hydrogen-bond acceptors (Lipinski definition) is 8. The highest BCUT2D eigenvalue weighted by atomic mass is 31.2. The molecule has 1 aromatic carbocycles. The number of ether oxygens (including phenoxy) is 1. The fourth-order valence-electron chi connectivity index (χ4n) is 2.96. The summed E-state index contributed by atoms with van der Waals surface area (Å²) in [6.45, 7) is -0.210. The van der Waals surface area contributed by atoms with Crippen molar-refractivity contribution in [2.24, 2.45) is 0 Å². The summed E-state index contributed by atoms with van der Waals surface area (Å²) in [6.07, 6.45) is -2.72. The third kappa shape index (κ3) is 2.34. The SMILES string of the molecule is O=[N+]([O-])c1cccc2c1ncn2C1OC2COP(=O)(O)O[C@H]2C1O. The minimum Gasteiger partial charge on any atom is -0.386 e. The highest BCUT2D eigenvalue weighted by Crippen LogP contribution is 2.52. The van der Waals surface area contributed by atoms with Crippen LogP contribution in [0.2, 0.25) is 0 Å². The summed E-state index contributed by atoms with van der Waals surface area (Å²) >= 11 is 0. The van der Waals surface area contributed by atoms with Crippen molar-refractivity contribution in [3.8, 4) is 0 Å². The van der Waals surface area contributed by atoms with Gasteiger partial charge in [-0.2, -0.15) is 0 Å². The van der Waals surface area contributed by atoms with E-state index in [9.17, 15) is 24.7 Å². The van der Waals surface area contributed by atoms with E-state index >= 15 is 0 Å². The van der Waals surface area contributed by atoms with Crippen LogP contribution in [-0.2, 0) is 18.3 Å². The number of fused-ring (bicyclic) bond motifs is 2. The zero-order valence-corrected chi connectivity index (χ0v) is 12.9. The van der Waals surface area contributed by atoms with Crippen molar-refractivity contribution in [1.29, 1.82) is 0 Å². The number of hydrogen-bond donors (Lipinski definition) is 2. The molecule has 2 saturated heterocycles. The van der Waals surface area contributed by atoms with Gasteiger partial charge in [-0.25, -0.2) is 9.55 Å². The number of rotatable bonds is 2. The fourth-order valence-corrected chi connectivity index (χ4v) is 3.92. The van der Waals surface area contributed by atoms with Crippen LogP contribution in [-0.4, -0.2) is 49.4 Å². The minimum atomic E-state index is -4.22. The fraction of sp³-hybridized carbons (Fsp3) is 0.417. The van der Waals surface area contributed by atoms with Crippen LogP contribution in [0.25, 0.3) is 11.0 Å². The van der Waals surface area contributed by atoms with E-state index in [-0.39, 0.29) is 17.8 Å². The smallest absolute Gasteiger partial charge is 0.386 e. The summed E-state index contributed by atoms with van der Waals surface area (Å²) in [7, 11) is -4.22. The van der Waals surface area contributed by atoms with Crippen molar-refractivity contribution < 1.29 is 33.3 Å². The summed E-state index contributed by atoms with van der Waals surface area (Å²) in [6, 6.07) is 4.42. The summed E-state index contributed by atoms with van der Waals surface area (Å²) in [5.74, 6) is 0. The van der Waals surface area contributed by atoms with E-state index in [1.54, 1.807) is 6.07 Å². The van der Waals surface area contributed by atoms with Crippen LogP contribution in [0.1, 0.15) is 6.23 Å². The monoisotopic (exact) mass is 357 g/mol. The van der Waals surface area contributed by atoms with E-state index in [1.807, 2.05) is 0 Å². The molecule has 2 fully saturated rings. The first-order valence-corrected chi connectivity index (χ1v) is 8.46. The lowest BCUT2D eigenvalue weighted by Crippen LogP contribution is -2.39. The van der Waals surface area contributed by atoms with E-state index in [0.717, 1.165) is 0 Å². The molecule has 0 aliphatic carbocycles. The molecule has 128 valence electrons. The van der Waals surface area contributed by atoms with E-state index in [1.165, 1.54) is 23.0 Å². The van der Waals surface area contributed by atoms with Crippen LogP contribution in [0.15, 0.2) is 24.5 Å². The molecule has 0 radical (unpaired) electrons. The average molecular weight is 357 g/mol. The molecule has 11 nitrogen and oxygen atoms in total. The predicted octanol–water partition coefficient (Wildman–Crippen LogP) is 0.719. The Labute approximate surface area is 134 Å². The lowest BCUT2D eigenvalue weighted by molar-refractivity contribution is -0.383. The summed E-state index contributed by atoms with van der Waals surface area (Å²) < 4.78 is 28.1. The Morgan fingerprint density at radius 2 is 2.25 bits per heavy atom. The van der Waals surface area contributed by atoms with Gasteiger partial charge in [-0.1, -0.05) is 6.07 Å². The van der Waals surface area contributed by atoms with Crippen LogP contribution >= 0.6 is 7.82 Å². The predicted molar refractivity (Wildman–Crippen MR) is 77.0 cm³/mol. The number of benzene rings is 1. The van der Waals surface area contributed by atoms with Crippen molar-refractivity contribution in [1.82, 2.24) is 9.55 Å². The number of phosphoric ester groups is 1. The lowest BCUT2D eigenvalue weighted by Gasteiger charge is -2.27. The highest BCUT2D eigenvalue weighted by Gasteiger charge is 2.52. The van der Waals surface area contributed by atoms with Crippen molar-refractivity contribution >= 4 is 24.5 Å². The van der Waals surface area contributed by atoms with E-state index in [4.69, 9.17) is 9.26 Å². The Balaban J connectivity index is 1.73. The van der Waals surface area contributed by atoms with Crippen molar-refractivity contribution in [2.45, 2.75) is 24.5 Å². The van der Waals surface area contributed by atoms with Gasteiger partial charge in [-0.3, -0.25) is 19.2 Å². The van der Waals surface area contributed by atoms with Crippen LogP contribution in [0.3, 0.4) is 0 Å². The second kappa shape index (κ2) is 5.31. The van der Waals surface area contributed by atoms with Crippen LogP contribution < -0.4 is 0 Å². The molecule has 3 heterocycles. The molecule has 12 heteroatoms. The molecular formula is C12H12N3O8P. The van der Waals surface area contributed by atoms with Gasteiger partial charge in [0.1, 0.15) is 18.3 Å². The topological polar surface area (TPSA) is 146 Å². The van der Waals surface area contributed by atoms with Crippen LogP contribution in [0, 0.1) is 10.1 Å². The first-order valence-electron chi connectivity index (χ1n) is 6.96. The molecule has 5 atom stereocenters. The number of para-hydroxylation sites is 1. The molecule has 0 saturated carbocycles. The van der Waals surface area contributed by atoms with Gasteiger partial charge >= 0.3 is 7.82 Å². The number of aliphatic hydroxyl groups excluding tert-OH is 1. The van der Waals surface area contributed by atoms with Crippen molar-refractivity contribution in [3.63, 3.8) is 0 Å². The first-order chi connectivity index (χ1) is 11.4. The third-order valence-electron chi connectivity index (χ3n) is 4.02. The van der Waals surface area contributed by atoms with Gasteiger partial charge in [0, 0.05) is 6.07 Å². The molecular weight excluding hydrogens is 345 g/mol. The van der Waals surface area contributed by atoms with Crippen molar-refractivity contribution in [2.75, 3.05) is 6.61 Å².